The van der Waals surface area contributed by atoms with Gasteiger partial charge in [0.15, 0.2) is 0 Å². The van der Waals surface area contributed by atoms with E-state index >= 15 is 0 Å². The summed E-state index contributed by atoms with van der Waals surface area (Å²) >= 11 is 5.64. The first-order chi connectivity index (χ1) is 9.29. The number of anilines is 3. The van der Waals surface area contributed by atoms with E-state index in [4.69, 9.17) is 17.3 Å². The van der Waals surface area contributed by atoms with Crippen molar-refractivity contribution >= 4 is 28.7 Å². The molecule has 0 amide bonds. The van der Waals surface area contributed by atoms with E-state index in [9.17, 15) is 13.2 Å². The number of nitrogen functional groups attached to an aromatic ring is 1. The first kappa shape index (κ1) is 14.5. The van der Waals surface area contributed by atoms with E-state index in [0.29, 0.717) is 11.4 Å². The monoisotopic (exact) mass is 300 g/mol. The second-order valence-electron chi connectivity index (χ2n) is 4.35. The maximum absolute atomic E-state index is 13.0. The first-order valence-electron chi connectivity index (χ1n) is 5.78. The van der Waals surface area contributed by atoms with Gasteiger partial charge in [-0.3, -0.25) is 0 Å². The van der Waals surface area contributed by atoms with Crippen molar-refractivity contribution < 1.29 is 13.2 Å². The largest absolute Gasteiger partial charge is 0.418 e. The van der Waals surface area contributed by atoms with Gasteiger partial charge in [0.1, 0.15) is 0 Å². The maximum Gasteiger partial charge on any atom is 0.418 e. The van der Waals surface area contributed by atoms with E-state index in [1.54, 1.807) is 25.1 Å². The molecule has 0 fully saturated rings. The van der Waals surface area contributed by atoms with Gasteiger partial charge in [-0.1, -0.05) is 23.7 Å². The molecule has 0 aliphatic rings. The molecule has 0 heterocycles. The fourth-order valence-corrected chi connectivity index (χ4v) is 2.03. The highest BCUT2D eigenvalue weighted by atomic mass is 35.5. The summed E-state index contributed by atoms with van der Waals surface area (Å²) in [6, 6.07) is 8.70. The highest BCUT2D eigenvalue weighted by Crippen LogP contribution is 2.38. The van der Waals surface area contributed by atoms with Crippen molar-refractivity contribution in [1.82, 2.24) is 0 Å². The Balaban J connectivity index is 2.49. The molecule has 2 aromatic rings. The molecule has 0 saturated heterocycles. The molecule has 2 aromatic carbocycles. The number of hydrogen-bond acceptors (Lipinski definition) is 2. The second kappa shape index (κ2) is 5.25. The number of nitrogens with one attached hydrogen (secondary N) is 1. The standard InChI is InChI=1S/C14H12ClF3N2/c1-8-3-2-4-11(19)13(8)20-12-6-5-9(15)7-10(12)14(16,17)18/h2-7,20H,19H2,1H3. The molecule has 0 aromatic heterocycles. The van der Waals surface area contributed by atoms with Crippen molar-refractivity contribution in [2.45, 2.75) is 13.1 Å². The molecular formula is C14H12ClF3N2. The van der Waals surface area contributed by atoms with E-state index in [1.807, 2.05) is 0 Å². The Hall–Kier alpha value is -1.88. The molecule has 0 atom stereocenters. The topological polar surface area (TPSA) is 38.0 Å². The third kappa shape index (κ3) is 2.99. The molecule has 0 spiro atoms. The van der Waals surface area contributed by atoms with Gasteiger partial charge in [-0.15, -0.1) is 0 Å². The van der Waals surface area contributed by atoms with Gasteiger partial charge in [0, 0.05) is 5.02 Å². The van der Waals surface area contributed by atoms with Crippen molar-refractivity contribution in [2.75, 3.05) is 11.1 Å². The molecule has 3 N–H and O–H groups in total. The molecule has 0 radical (unpaired) electrons. The summed E-state index contributed by atoms with van der Waals surface area (Å²) in [6.07, 6.45) is -4.50. The number of alkyl halides is 3. The van der Waals surface area contributed by atoms with Gasteiger partial charge in [-0.05, 0) is 36.8 Å². The fraction of sp³-hybridized carbons (Fsp3) is 0.143. The lowest BCUT2D eigenvalue weighted by molar-refractivity contribution is -0.136. The molecule has 0 bridgehead atoms. The van der Waals surface area contributed by atoms with Gasteiger partial charge < -0.3 is 11.1 Å². The number of nitrogens with two attached hydrogens (primary N) is 1. The average molecular weight is 301 g/mol. The van der Waals surface area contributed by atoms with Gasteiger partial charge in [-0.2, -0.15) is 13.2 Å². The smallest absolute Gasteiger partial charge is 0.397 e. The van der Waals surface area contributed by atoms with Crippen molar-refractivity contribution in [3.63, 3.8) is 0 Å². The number of hydrogen-bond donors (Lipinski definition) is 2. The summed E-state index contributed by atoms with van der Waals surface area (Å²) < 4.78 is 39.0. The van der Waals surface area contributed by atoms with Gasteiger partial charge in [-0.25, -0.2) is 0 Å². The quantitative estimate of drug-likeness (QED) is 0.767. The van der Waals surface area contributed by atoms with Crippen LogP contribution in [-0.4, -0.2) is 0 Å². The zero-order chi connectivity index (χ0) is 14.9. The van der Waals surface area contributed by atoms with Crippen LogP contribution in [0.15, 0.2) is 36.4 Å². The summed E-state index contributed by atoms with van der Waals surface area (Å²) in [5, 5.41) is 2.77. The lowest BCUT2D eigenvalue weighted by atomic mass is 10.1. The molecule has 0 unspecified atom stereocenters. The van der Waals surface area contributed by atoms with Crippen LogP contribution in [0.5, 0.6) is 0 Å². The molecule has 0 saturated carbocycles. The predicted octanol–water partition coefficient (Wildman–Crippen LogP) is 4.99. The first-order valence-corrected chi connectivity index (χ1v) is 6.15. The third-order valence-corrected chi connectivity index (χ3v) is 3.09. The summed E-state index contributed by atoms with van der Waals surface area (Å²) in [7, 11) is 0. The predicted molar refractivity (Wildman–Crippen MR) is 75.3 cm³/mol. The van der Waals surface area contributed by atoms with Gasteiger partial charge in [0.25, 0.3) is 0 Å². The van der Waals surface area contributed by atoms with Crippen LogP contribution < -0.4 is 11.1 Å². The van der Waals surface area contributed by atoms with Crippen LogP contribution in [0.4, 0.5) is 30.2 Å². The van der Waals surface area contributed by atoms with E-state index in [0.717, 1.165) is 11.6 Å². The van der Waals surface area contributed by atoms with Crippen LogP contribution in [0.25, 0.3) is 0 Å². The maximum atomic E-state index is 13.0. The Labute approximate surface area is 119 Å². The van der Waals surface area contributed by atoms with Crippen molar-refractivity contribution in [3.8, 4) is 0 Å². The third-order valence-electron chi connectivity index (χ3n) is 2.85. The highest BCUT2D eigenvalue weighted by Gasteiger charge is 2.34. The van der Waals surface area contributed by atoms with Crippen LogP contribution in [0.3, 0.4) is 0 Å². The molecule has 6 heteroatoms. The SMILES string of the molecule is Cc1cccc(N)c1Nc1ccc(Cl)cc1C(F)(F)F. The summed E-state index contributed by atoms with van der Waals surface area (Å²) in [6.45, 7) is 1.77. The average Bonchev–Trinajstić information content (AvgIpc) is 2.34. The number of benzene rings is 2. The summed E-state index contributed by atoms with van der Waals surface area (Å²) in [5.74, 6) is 0. The molecule has 0 aliphatic heterocycles. The van der Waals surface area contributed by atoms with E-state index in [2.05, 4.69) is 5.32 Å². The number of rotatable bonds is 2. The molecule has 106 valence electrons. The Morgan fingerprint density at radius 1 is 1.15 bits per heavy atom. The number of aryl methyl sites for hydroxylation is 1. The molecular weight excluding hydrogens is 289 g/mol. The van der Waals surface area contributed by atoms with Gasteiger partial charge in [0.05, 0.1) is 22.6 Å². The zero-order valence-corrected chi connectivity index (χ0v) is 11.3. The van der Waals surface area contributed by atoms with Crippen LogP contribution >= 0.6 is 11.6 Å². The van der Waals surface area contributed by atoms with Crippen molar-refractivity contribution in [1.29, 1.82) is 0 Å². The highest BCUT2D eigenvalue weighted by molar-refractivity contribution is 6.30. The molecule has 2 nitrogen and oxygen atoms in total. The molecule has 2 rings (SSSR count). The van der Waals surface area contributed by atoms with Gasteiger partial charge in [0.2, 0.25) is 0 Å². The van der Waals surface area contributed by atoms with Crippen LogP contribution in [0.2, 0.25) is 5.02 Å². The number of para-hydroxylation sites is 1. The van der Waals surface area contributed by atoms with E-state index in [1.165, 1.54) is 12.1 Å². The normalized spacial score (nSPS) is 11.4. The molecule has 20 heavy (non-hydrogen) atoms. The Morgan fingerprint density at radius 2 is 1.85 bits per heavy atom. The lowest BCUT2D eigenvalue weighted by Gasteiger charge is -2.17. The van der Waals surface area contributed by atoms with Gasteiger partial charge >= 0.3 is 6.18 Å². The summed E-state index contributed by atoms with van der Waals surface area (Å²) in [4.78, 5) is 0. The Morgan fingerprint density at radius 3 is 2.45 bits per heavy atom. The minimum Gasteiger partial charge on any atom is -0.397 e. The zero-order valence-electron chi connectivity index (χ0n) is 10.6. The van der Waals surface area contributed by atoms with Crippen molar-refractivity contribution in [3.05, 3.63) is 52.5 Å². The van der Waals surface area contributed by atoms with Crippen LogP contribution in [-0.2, 0) is 6.18 Å². The van der Waals surface area contributed by atoms with E-state index < -0.39 is 11.7 Å². The van der Waals surface area contributed by atoms with Crippen LogP contribution in [0, 0.1) is 6.92 Å². The van der Waals surface area contributed by atoms with Crippen LogP contribution in [0.1, 0.15) is 11.1 Å². The van der Waals surface area contributed by atoms with E-state index in [-0.39, 0.29) is 10.7 Å². The Kier molecular flexibility index (Phi) is 3.81. The minimum absolute atomic E-state index is 0.0284. The Bertz CT molecular complexity index is 619. The fourth-order valence-electron chi connectivity index (χ4n) is 1.86. The minimum atomic E-state index is -4.50. The van der Waals surface area contributed by atoms with Crippen molar-refractivity contribution in [2.24, 2.45) is 0 Å². The molecule has 0 aliphatic carbocycles. The lowest BCUT2D eigenvalue weighted by Crippen LogP contribution is -2.10. The second-order valence-corrected chi connectivity index (χ2v) is 4.79. The summed E-state index contributed by atoms with van der Waals surface area (Å²) in [5.41, 5.74) is 6.48. The number of halogens is 4.